The number of anilines is 1. The second kappa shape index (κ2) is 24.4. The van der Waals surface area contributed by atoms with Gasteiger partial charge in [0.2, 0.25) is 18.2 Å². The zero-order valence-corrected chi connectivity index (χ0v) is 41.4. The summed E-state index contributed by atoms with van der Waals surface area (Å²) in [4.78, 5) is 57.6. The van der Waals surface area contributed by atoms with Crippen molar-refractivity contribution >= 4 is 58.3 Å². The molecule has 0 aromatic heterocycles. The van der Waals surface area contributed by atoms with E-state index < -0.39 is 11.9 Å². The van der Waals surface area contributed by atoms with Crippen LogP contribution in [0.5, 0.6) is 5.75 Å². The van der Waals surface area contributed by atoms with Crippen molar-refractivity contribution in [2.24, 2.45) is 0 Å². The number of carbonyl (C=O) groups excluding carboxylic acids is 4. The smallest absolute Gasteiger partial charge is 0.260 e. The highest BCUT2D eigenvalue weighted by atomic mass is 35.5. The summed E-state index contributed by atoms with van der Waals surface area (Å²) in [6.45, 7) is 16.9. The number of piperidine rings is 1. The molecule has 364 valence electrons. The zero-order chi connectivity index (χ0) is 48.9. The van der Waals surface area contributed by atoms with Gasteiger partial charge in [-0.2, -0.15) is 0 Å². The number of carbonyl (C=O) groups is 4. The van der Waals surface area contributed by atoms with E-state index in [0.29, 0.717) is 62.1 Å². The molecule has 1 aliphatic carbocycles. The molecule has 6 rings (SSSR count). The molecule has 12 nitrogen and oxygen atoms in total. The first kappa shape index (κ1) is 51.5. The minimum atomic E-state index is -0.769. The van der Waals surface area contributed by atoms with Crippen LogP contribution in [0.2, 0.25) is 5.02 Å². The molecule has 3 aromatic rings. The molecule has 14 heteroatoms. The van der Waals surface area contributed by atoms with Gasteiger partial charge in [0, 0.05) is 93.3 Å². The van der Waals surface area contributed by atoms with E-state index in [1.165, 1.54) is 16.5 Å². The van der Waals surface area contributed by atoms with Gasteiger partial charge in [0.1, 0.15) is 23.4 Å². The highest BCUT2D eigenvalue weighted by molar-refractivity contribution is 6.33. The molecular formula is C54H68ClFN6O6. The summed E-state index contributed by atoms with van der Waals surface area (Å²) < 4.78 is 26.5. The van der Waals surface area contributed by atoms with Crippen LogP contribution in [0.4, 0.5) is 10.1 Å². The lowest BCUT2D eigenvalue weighted by molar-refractivity contribution is -0.141. The van der Waals surface area contributed by atoms with Gasteiger partial charge in [-0.15, -0.1) is 0 Å². The van der Waals surface area contributed by atoms with E-state index in [4.69, 9.17) is 21.1 Å². The van der Waals surface area contributed by atoms with Gasteiger partial charge in [0.05, 0.1) is 23.9 Å². The predicted octanol–water partition coefficient (Wildman–Crippen LogP) is 9.02. The van der Waals surface area contributed by atoms with E-state index in [1.807, 2.05) is 57.1 Å². The normalized spacial score (nSPS) is 16.8. The molecule has 68 heavy (non-hydrogen) atoms. The molecule has 0 spiro atoms. The molecule has 1 atom stereocenters. The zero-order valence-electron chi connectivity index (χ0n) is 40.7. The maximum absolute atomic E-state index is 14.0. The molecular weight excluding hydrogens is 883 g/mol. The van der Waals surface area contributed by atoms with Crippen LogP contribution in [-0.2, 0) is 36.9 Å². The number of nitrogens with one attached hydrogen (secondary N) is 2. The minimum absolute atomic E-state index is 0.0987. The fraction of sp³-hybridized carbons (Fsp3) is 0.444. The van der Waals surface area contributed by atoms with E-state index in [1.54, 1.807) is 12.1 Å². The lowest BCUT2D eigenvalue weighted by Crippen LogP contribution is -2.51. The van der Waals surface area contributed by atoms with E-state index >= 15 is 0 Å². The SMILES string of the molecule is C=C(C)/C(=C(/C)N(C)C)c1c(Cl)ccc(/C(=C/CCC)CCCOC2=CCCc3cc(F)ccc32)c1NCCN1CCN(C(=O)COc2cccc(C)c2CN(C=O)C2CCC(=O)NC2=O)CC1. The number of aryl methyl sites for hydroxylation is 2. The van der Waals surface area contributed by atoms with Crippen molar-refractivity contribution in [2.45, 2.75) is 91.6 Å². The standard InChI is InChI=1S/C54H68ClFN6O6/c1-8-9-14-39(16-12-31-67-47-18-11-15-40-32-41(56)19-20-42(40)47)43-21-22-45(55)52(51(36(2)3)38(5)59(6)7)53(43)57-25-26-60-27-29-61(30-28-60)50(65)34-68-48-17-10-13-37(4)44(48)33-62(35-63)46-23-24-49(64)58-54(46)66/h10,13-14,17-22,32,35,46,57H,2,8-9,11-12,15-16,23-31,33-34H2,1,3-7H3,(H,58,64,66)/b39-14+,51-38+. The quantitative estimate of drug-likeness (QED) is 0.0440. The van der Waals surface area contributed by atoms with Crippen molar-refractivity contribution < 1.29 is 33.0 Å². The monoisotopic (exact) mass is 950 g/mol. The van der Waals surface area contributed by atoms with Gasteiger partial charge in [-0.25, -0.2) is 4.39 Å². The van der Waals surface area contributed by atoms with E-state index in [-0.39, 0.29) is 43.6 Å². The molecule has 2 N–H and O–H groups in total. The number of fused-ring (bicyclic) bond motifs is 1. The Hall–Kier alpha value is -5.92. The summed E-state index contributed by atoms with van der Waals surface area (Å²) in [5, 5.41) is 6.79. The van der Waals surface area contributed by atoms with Gasteiger partial charge in [0.25, 0.3) is 5.91 Å². The summed E-state index contributed by atoms with van der Waals surface area (Å²) in [7, 11) is 4.05. The molecule has 0 saturated carbocycles. The Kier molecular flexibility index (Phi) is 18.5. The van der Waals surface area contributed by atoms with Crippen molar-refractivity contribution in [3.63, 3.8) is 0 Å². The summed E-state index contributed by atoms with van der Waals surface area (Å²) in [6, 6.07) is 13.7. The molecule has 2 aliphatic heterocycles. The molecule has 0 bridgehead atoms. The highest BCUT2D eigenvalue weighted by Crippen LogP contribution is 2.42. The molecule has 1 unspecified atom stereocenters. The maximum atomic E-state index is 14.0. The van der Waals surface area contributed by atoms with Crippen molar-refractivity contribution in [3.05, 3.63) is 123 Å². The number of benzene rings is 3. The summed E-state index contributed by atoms with van der Waals surface area (Å²) in [5.74, 6) is 0.0766. The first-order valence-electron chi connectivity index (χ1n) is 23.9. The van der Waals surface area contributed by atoms with Crippen LogP contribution in [0.15, 0.2) is 78.5 Å². The van der Waals surface area contributed by atoms with Crippen LogP contribution in [-0.4, -0.2) is 116 Å². The van der Waals surface area contributed by atoms with E-state index in [9.17, 15) is 23.6 Å². The van der Waals surface area contributed by atoms with Crippen LogP contribution < -0.4 is 15.4 Å². The van der Waals surface area contributed by atoms with Gasteiger partial charge in [-0.1, -0.05) is 55.8 Å². The van der Waals surface area contributed by atoms with Crippen LogP contribution in [0, 0.1) is 12.7 Å². The second-order valence-corrected chi connectivity index (χ2v) is 18.5. The number of rotatable bonds is 22. The summed E-state index contributed by atoms with van der Waals surface area (Å²) >= 11 is 7.18. The molecule has 2 fully saturated rings. The van der Waals surface area contributed by atoms with Crippen molar-refractivity contribution in [1.29, 1.82) is 0 Å². The number of imide groups is 1. The largest absolute Gasteiger partial charge is 0.493 e. The number of amides is 4. The second-order valence-electron chi connectivity index (χ2n) is 18.1. The number of hydrogen-bond donors (Lipinski definition) is 2. The average molecular weight is 952 g/mol. The third-order valence-electron chi connectivity index (χ3n) is 13.1. The molecule has 0 radical (unpaired) electrons. The van der Waals surface area contributed by atoms with Gasteiger partial charge in [-0.05, 0) is 118 Å². The topological polar surface area (TPSA) is 124 Å². The maximum Gasteiger partial charge on any atom is 0.260 e. The van der Waals surface area contributed by atoms with Gasteiger partial charge in [0.15, 0.2) is 6.61 Å². The lowest BCUT2D eigenvalue weighted by Gasteiger charge is -2.35. The van der Waals surface area contributed by atoms with Crippen LogP contribution >= 0.6 is 11.6 Å². The fourth-order valence-electron chi connectivity index (χ4n) is 9.13. The number of unbranched alkanes of at least 4 members (excludes halogenated alkanes) is 1. The summed E-state index contributed by atoms with van der Waals surface area (Å²) in [6.07, 6.45) is 10.6. The number of piperazine rings is 1. The summed E-state index contributed by atoms with van der Waals surface area (Å²) in [5.41, 5.74) is 10.6. The fourth-order valence-corrected chi connectivity index (χ4v) is 9.38. The Bertz CT molecular complexity index is 2440. The lowest BCUT2D eigenvalue weighted by atomic mass is 9.89. The minimum Gasteiger partial charge on any atom is -0.493 e. The van der Waals surface area contributed by atoms with Gasteiger partial charge < -0.3 is 29.5 Å². The third kappa shape index (κ3) is 13.0. The number of hydrogen-bond acceptors (Lipinski definition) is 9. The van der Waals surface area contributed by atoms with Gasteiger partial charge in [-0.3, -0.25) is 29.4 Å². The van der Waals surface area contributed by atoms with Crippen molar-refractivity contribution in [1.82, 2.24) is 24.9 Å². The number of allylic oxidation sites excluding steroid dienone is 6. The van der Waals surface area contributed by atoms with E-state index in [2.05, 4.69) is 59.1 Å². The number of nitrogens with zero attached hydrogens (tertiary/aromatic N) is 4. The number of ether oxygens (including phenoxy) is 2. The Morgan fingerprint density at radius 3 is 2.54 bits per heavy atom. The highest BCUT2D eigenvalue weighted by Gasteiger charge is 2.32. The Morgan fingerprint density at radius 2 is 1.84 bits per heavy atom. The molecule has 3 aromatic carbocycles. The molecule has 2 saturated heterocycles. The van der Waals surface area contributed by atoms with Crippen LogP contribution in [0.25, 0.3) is 16.9 Å². The van der Waals surface area contributed by atoms with Crippen molar-refractivity contribution in [3.8, 4) is 5.75 Å². The molecule has 3 aliphatic rings. The Morgan fingerprint density at radius 1 is 1.06 bits per heavy atom. The van der Waals surface area contributed by atoms with Crippen molar-refractivity contribution in [2.75, 3.05) is 71.9 Å². The van der Waals surface area contributed by atoms with Crippen LogP contribution in [0.1, 0.15) is 99.1 Å². The number of halogens is 2. The predicted molar refractivity (Wildman–Crippen MR) is 269 cm³/mol. The first-order chi connectivity index (χ1) is 32.7. The van der Waals surface area contributed by atoms with Gasteiger partial charge >= 0.3 is 0 Å². The molecule has 2 heterocycles. The Balaban J connectivity index is 1.11. The average Bonchev–Trinajstić information content (AvgIpc) is 3.31. The van der Waals surface area contributed by atoms with Crippen LogP contribution in [0.3, 0.4) is 0 Å². The first-order valence-corrected chi connectivity index (χ1v) is 24.3. The third-order valence-corrected chi connectivity index (χ3v) is 13.4. The van der Waals surface area contributed by atoms with E-state index in [0.717, 1.165) is 101 Å². The molecule has 4 amide bonds. The Labute approximate surface area is 406 Å².